The molecule has 4 N–H and O–H groups in total. The lowest BCUT2D eigenvalue weighted by atomic mass is 9.77. The zero-order valence-corrected chi connectivity index (χ0v) is 13.4. The number of rotatable bonds is 2. The molecule has 4 atom stereocenters. The molecular weight excluding hydrogens is 329 g/mol. The topological polar surface area (TPSA) is 94.2 Å². The Labute approximate surface area is 139 Å². The molecule has 1 amide bonds. The van der Waals surface area contributed by atoms with Gasteiger partial charge in [0.2, 0.25) is 0 Å². The summed E-state index contributed by atoms with van der Waals surface area (Å²) in [5.41, 5.74) is -0.510. The number of H-pyrrole nitrogens is 1. The van der Waals surface area contributed by atoms with E-state index < -0.39 is 17.6 Å². The molecule has 8 heteroatoms. The van der Waals surface area contributed by atoms with Gasteiger partial charge >= 0.3 is 0 Å². The number of pyridine rings is 1. The zero-order chi connectivity index (χ0) is 15.0. The van der Waals surface area contributed by atoms with Gasteiger partial charge in [-0.25, -0.2) is 0 Å². The lowest BCUT2D eigenvalue weighted by Gasteiger charge is -2.35. The maximum absolute atomic E-state index is 12.2. The third-order valence-corrected chi connectivity index (χ3v) is 4.69. The van der Waals surface area contributed by atoms with Gasteiger partial charge in [-0.3, -0.25) is 9.59 Å². The second kappa shape index (κ2) is 7.00. The number of amides is 1. The van der Waals surface area contributed by atoms with Crippen molar-refractivity contribution in [1.29, 1.82) is 0 Å². The van der Waals surface area contributed by atoms with Gasteiger partial charge in [-0.1, -0.05) is 11.6 Å². The van der Waals surface area contributed by atoms with E-state index in [1.165, 1.54) is 12.3 Å². The van der Waals surface area contributed by atoms with Crippen LogP contribution >= 0.6 is 24.0 Å². The van der Waals surface area contributed by atoms with Crippen LogP contribution in [0.3, 0.4) is 0 Å². The Morgan fingerprint density at radius 1 is 1.32 bits per heavy atom. The van der Waals surface area contributed by atoms with Gasteiger partial charge in [0.15, 0.2) is 0 Å². The normalized spacial score (nSPS) is 30.3. The first kappa shape index (κ1) is 17.3. The molecule has 2 heterocycles. The van der Waals surface area contributed by atoms with Crippen LogP contribution in [0.25, 0.3) is 0 Å². The lowest BCUT2D eigenvalue weighted by molar-refractivity contribution is 0.0461. The lowest BCUT2D eigenvalue weighted by Crippen LogP contribution is -2.50. The van der Waals surface area contributed by atoms with E-state index in [0.29, 0.717) is 23.3 Å². The number of carbonyl (C=O) groups is 1. The van der Waals surface area contributed by atoms with Crippen molar-refractivity contribution in [2.75, 3.05) is 13.1 Å². The van der Waals surface area contributed by atoms with Crippen molar-refractivity contribution in [2.45, 2.75) is 25.0 Å². The molecule has 3 rings (SSSR count). The molecule has 122 valence electrons. The Morgan fingerprint density at radius 2 is 2.00 bits per heavy atom. The van der Waals surface area contributed by atoms with Crippen LogP contribution in [0.2, 0.25) is 5.02 Å². The van der Waals surface area contributed by atoms with Gasteiger partial charge in [0.05, 0.1) is 17.2 Å². The molecule has 1 aliphatic carbocycles. The zero-order valence-electron chi connectivity index (χ0n) is 11.8. The predicted molar refractivity (Wildman–Crippen MR) is 85.7 cm³/mol. The fourth-order valence-corrected chi connectivity index (χ4v) is 3.49. The van der Waals surface area contributed by atoms with Gasteiger partial charge in [0, 0.05) is 6.20 Å². The summed E-state index contributed by atoms with van der Waals surface area (Å²) in [6.07, 6.45) is 2.16. The quantitative estimate of drug-likeness (QED) is 0.628. The summed E-state index contributed by atoms with van der Waals surface area (Å²) in [6.45, 7) is 1.85. The summed E-state index contributed by atoms with van der Waals surface area (Å²) in [5.74, 6) is 0.450. The molecule has 2 fully saturated rings. The minimum atomic E-state index is -0.576. The molecule has 0 radical (unpaired) electrons. The van der Waals surface area contributed by atoms with E-state index in [4.69, 9.17) is 11.6 Å². The van der Waals surface area contributed by atoms with Crippen molar-refractivity contribution in [2.24, 2.45) is 11.8 Å². The minimum absolute atomic E-state index is 0. The van der Waals surface area contributed by atoms with Crippen LogP contribution in [0.15, 0.2) is 17.1 Å². The average Bonchev–Trinajstić information content (AvgIpc) is 2.88. The van der Waals surface area contributed by atoms with Gasteiger partial charge in [-0.05, 0) is 43.8 Å². The molecule has 1 aliphatic heterocycles. The van der Waals surface area contributed by atoms with Gasteiger partial charge in [-0.2, -0.15) is 0 Å². The molecule has 1 aromatic rings. The second-order valence-corrected chi connectivity index (χ2v) is 6.29. The Morgan fingerprint density at radius 3 is 2.73 bits per heavy atom. The first-order valence-electron chi connectivity index (χ1n) is 7.12. The number of aromatic amines is 1. The number of aliphatic hydroxyl groups excluding tert-OH is 1. The van der Waals surface area contributed by atoms with Crippen LogP contribution in [-0.2, 0) is 0 Å². The summed E-state index contributed by atoms with van der Waals surface area (Å²) < 4.78 is 0. The maximum atomic E-state index is 12.2. The van der Waals surface area contributed by atoms with Crippen LogP contribution in [0, 0.1) is 11.8 Å². The van der Waals surface area contributed by atoms with Crippen molar-refractivity contribution in [3.05, 3.63) is 33.2 Å². The molecular formula is C14H19Cl2N3O3. The fourth-order valence-electron chi connectivity index (χ4n) is 3.32. The fraction of sp³-hybridized carbons (Fsp3) is 0.571. The number of halogens is 2. The van der Waals surface area contributed by atoms with E-state index in [-0.39, 0.29) is 24.0 Å². The summed E-state index contributed by atoms with van der Waals surface area (Å²) in [6, 6.07) is 1.02. The summed E-state index contributed by atoms with van der Waals surface area (Å²) in [7, 11) is 0. The van der Waals surface area contributed by atoms with Crippen LogP contribution in [-0.4, -0.2) is 41.2 Å². The van der Waals surface area contributed by atoms with Gasteiger partial charge in [0.25, 0.3) is 11.5 Å². The molecule has 22 heavy (non-hydrogen) atoms. The maximum Gasteiger partial charge on any atom is 0.260 e. The summed E-state index contributed by atoms with van der Waals surface area (Å²) in [5, 5.41) is 16.6. The van der Waals surface area contributed by atoms with E-state index in [1.807, 2.05) is 0 Å². The Bertz CT molecular complexity index is 607. The summed E-state index contributed by atoms with van der Waals surface area (Å²) >= 11 is 5.80. The average molecular weight is 348 g/mol. The van der Waals surface area contributed by atoms with Crippen molar-refractivity contribution >= 4 is 29.9 Å². The molecule has 0 aromatic carbocycles. The monoisotopic (exact) mass is 347 g/mol. The molecule has 0 unspecified atom stereocenters. The molecule has 1 aromatic heterocycles. The minimum Gasteiger partial charge on any atom is -0.391 e. The number of nitrogens with one attached hydrogen (secondary N) is 3. The first-order chi connectivity index (χ1) is 10.0. The van der Waals surface area contributed by atoms with Crippen LogP contribution in [0.4, 0.5) is 0 Å². The number of fused-ring (bicyclic) bond motifs is 1. The highest BCUT2D eigenvalue weighted by Crippen LogP contribution is 2.32. The van der Waals surface area contributed by atoms with Gasteiger partial charge in [0.1, 0.15) is 5.56 Å². The van der Waals surface area contributed by atoms with Crippen molar-refractivity contribution in [3.8, 4) is 0 Å². The third kappa shape index (κ3) is 3.46. The van der Waals surface area contributed by atoms with Crippen molar-refractivity contribution < 1.29 is 9.90 Å². The molecule has 2 aliphatic rings. The van der Waals surface area contributed by atoms with Crippen LogP contribution < -0.4 is 16.2 Å². The summed E-state index contributed by atoms with van der Waals surface area (Å²) in [4.78, 5) is 26.3. The SMILES string of the molecule is Cl.O=C(N[C@H]1C[C@H]2CNC[C@H]2C[C@@H]1O)c1cc(Cl)c[nH]c1=O. The largest absolute Gasteiger partial charge is 0.391 e. The van der Waals surface area contributed by atoms with E-state index in [2.05, 4.69) is 15.6 Å². The van der Waals surface area contributed by atoms with Gasteiger partial charge in [-0.15, -0.1) is 12.4 Å². The van der Waals surface area contributed by atoms with Crippen molar-refractivity contribution in [3.63, 3.8) is 0 Å². The number of aromatic nitrogens is 1. The van der Waals surface area contributed by atoms with E-state index in [0.717, 1.165) is 19.5 Å². The first-order valence-corrected chi connectivity index (χ1v) is 7.50. The van der Waals surface area contributed by atoms with Gasteiger partial charge < -0.3 is 20.7 Å². The molecule has 0 bridgehead atoms. The Hall–Kier alpha value is -1.08. The second-order valence-electron chi connectivity index (χ2n) is 5.86. The van der Waals surface area contributed by atoms with Crippen LogP contribution in [0.1, 0.15) is 23.2 Å². The number of carbonyl (C=O) groups excluding carboxylic acids is 1. The third-order valence-electron chi connectivity index (χ3n) is 4.47. The smallest absolute Gasteiger partial charge is 0.260 e. The number of hydrogen-bond donors (Lipinski definition) is 4. The van der Waals surface area contributed by atoms with Crippen LogP contribution in [0.5, 0.6) is 0 Å². The Balaban J connectivity index is 0.00000176. The Kier molecular flexibility index (Phi) is 5.50. The van der Waals surface area contributed by atoms with Crippen molar-refractivity contribution in [1.82, 2.24) is 15.6 Å². The van der Waals surface area contributed by atoms with E-state index >= 15 is 0 Å². The molecule has 1 saturated carbocycles. The van der Waals surface area contributed by atoms with E-state index in [1.54, 1.807) is 0 Å². The molecule has 6 nitrogen and oxygen atoms in total. The molecule has 1 saturated heterocycles. The highest BCUT2D eigenvalue weighted by Gasteiger charge is 2.39. The highest BCUT2D eigenvalue weighted by atomic mass is 35.5. The number of hydrogen-bond acceptors (Lipinski definition) is 4. The number of aliphatic hydroxyl groups is 1. The molecule has 0 spiro atoms. The van der Waals surface area contributed by atoms with E-state index in [9.17, 15) is 14.7 Å². The highest BCUT2D eigenvalue weighted by molar-refractivity contribution is 6.30. The predicted octanol–water partition coefficient (Wildman–Crippen LogP) is 0.539. The standard InChI is InChI=1S/C14H18ClN3O3.ClH/c15-9-3-10(13(20)17-6-9)14(21)18-11-1-7-4-16-5-8(7)2-12(11)19;/h3,6-8,11-12,16,19H,1-2,4-5H2,(H,17,20)(H,18,21);1H/t7-,8+,11-,12-;/m0./s1.